The minimum atomic E-state index is -1.57. The van der Waals surface area contributed by atoms with Crippen molar-refractivity contribution >= 4 is 5.91 Å². The van der Waals surface area contributed by atoms with Crippen molar-refractivity contribution in [3.05, 3.63) is 85.1 Å². The second-order valence-corrected chi connectivity index (χ2v) is 20.8. The standard InChI is InChI=1S/C64H113NO8/c1-3-5-7-9-11-13-15-17-19-21-22-23-24-25-26-27-28-29-30-31-32-33-34-35-36-38-40-42-44-46-48-50-52-54-60(68)65-57(56-72-64-63(71)62(70)61(69)59(55-66)73-64)58(67)53-51-49-47-45-43-41-39-37-20-18-16-14-12-10-8-6-4-2/h5,7,11,13,17,19,22-23,25-26,43,45,51,53,57-59,61-64,66-67,69-71H,3-4,6,8-10,12,14-16,18,20-21,24,27-42,44,46-50,52,54-56H2,1-2H3,(H,65,68)/b7-5-,13-11-,19-17-,23-22-,26-25-,45-43+,53-51+. The van der Waals surface area contributed by atoms with Crippen LogP contribution in [0.25, 0.3) is 0 Å². The molecule has 1 saturated heterocycles. The topological polar surface area (TPSA) is 149 Å². The first-order valence-corrected chi connectivity index (χ1v) is 30.3. The summed E-state index contributed by atoms with van der Waals surface area (Å²) in [6.45, 7) is 3.66. The quantitative estimate of drug-likeness (QED) is 0.0261. The number of allylic oxidation sites excluding steroid dienone is 13. The van der Waals surface area contributed by atoms with E-state index in [0.717, 1.165) is 70.6 Å². The van der Waals surface area contributed by atoms with Gasteiger partial charge in [-0.2, -0.15) is 0 Å². The van der Waals surface area contributed by atoms with Crippen LogP contribution in [0.5, 0.6) is 0 Å². The van der Waals surface area contributed by atoms with Crippen LogP contribution in [0, 0.1) is 0 Å². The molecular formula is C64H113NO8. The summed E-state index contributed by atoms with van der Waals surface area (Å²) in [4.78, 5) is 13.1. The van der Waals surface area contributed by atoms with E-state index in [0.29, 0.717) is 6.42 Å². The predicted molar refractivity (Wildman–Crippen MR) is 308 cm³/mol. The van der Waals surface area contributed by atoms with Crippen molar-refractivity contribution in [2.24, 2.45) is 0 Å². The summed E-state index contributed by atoms with van der Waals surface area (Å²) in [7, 11) is 0. The molecule has 7 unspecified atom stereocenters. The monoisotopic (exact) mass is 1020 g/mol. The molecule has 1 rings (SSSR count). The number of aliphatic hydroxyl groups is 5. The van der Waals surface area contributed by atoms with E-state index in [9.17, 15) is 30.3 Å². The molecule has 0 spiro atoms. The van der Waals surface area contributed by atoms with Gasteiger partial charge in [-0.1, -0.05) is 259 Å². The number of carbonyl (C=O) groups excluding carboxylic acids is 1. The summed E-state index contributed by atoms with van der Waals surface area (Å²) in [5, 5.41) is 54.5. The lowest BCUT2D eigenvalue weighted by molar-refractivity contribution is -0.302. The normalized spacial score (nSPS) is 19.7. The summed E-state index contributed by atoms with van der Waals surface area (Å²) in [5.41, 5.74) is 0. The average Bonchev–Trinajstić information content (AvgIpc) is 3.39. The number of carbonyl (C=O) groups is 1. The van der Waals surface area contributed by atoms with E-state index < -0.39 is 49.5 Å². The molecule has 9 heteroatoms. The second kappa shape index (κ2) is 52.8. The summed E-state index contributed by atoms with van der Waals surface area (Å²) in [6.07, 6.45) is 68.0. The molecule has 1 aliphatic rings. The van der Waals surface area contributed by atoms with Gasteiger partial charge in [0.05, 0.1) is 25.4 Å². The number of rotatable bonds is 51. The molecule has 0 aromatic heterocycles. The van der Waals surface area contributed by atoms with Crippen molar-refractivity contribution in [1.29, 1.82) is 0 Å². The number of unbranched alkanes of at least 4 members (excludes halogenated alkanes) is 29. The number of nitrogens with one attached hydrogen (secondary N) is 1. The Kier molecular flexibility index (Phi) is 49.5. The highest BCUT2D eigenvalue weighted by atomic mass is 16.7. The Bertz CT molecular complexity index is 1420. The maximum absolute atomic E-state index is 13.1. The highest BCUT2D eigenvalue weighted by molar-refractivity contribution is 5.76. The van der Waals surface area contributed by atoms with Crippen LogP contribution in [0.3, 0.4) is 0 Å². The molecule has 0 aromatic carbocycles. The molecule has 422 valence electrons. The molecule has 9 nitrogen and oxygen atoms in total. The van der Waals surface area contributed by atoms with E-state index in [2.05, 4.69) is 92.1 Å². The van der Waals surface area contributed by atoms with Crippen molar-refractivity contribution in [2.45, 2.75) is 301 Å². The molecular weight excluding hydrogens is 911 g/mol. The van der Waals surface area contributed by atoms with Gasteiger partial charge < -0.3 is 40.3 Å². The maximum Gasteiger partial charge on any atom is 0.220 e. The molecule has 73 heavy (non-hydrogen) atoms. The van der Waals surface area contributed by atoms with Gasteiger partial charge in [-0.3, -0.25) is 4.79 Å². The fourth-order valence-corrected chi connectivity index (χ4v) is 9.20. The molecule has 1 amide bonds. The van der Waals surface area contributed by atoms with Gasteiger partial charge in [0.1, 0.15) is 24.4 Å². The van der Waals surface area contributed by atoms with E-state index in [1.165, 1.54) is 167 Å². The molecule has 6 N–H and O–H groups in total. The number of hydrogen-bond acceptors (Lipinski definition) is 8. The third-order valence-electron chi connectivity index (χ3n) is 14.0. The van der Waals surface area contributed by atoms with Crippen molar-refractivity contribution in [3.8, 4) is 0 Å². The van der Waals surface area contributed by atoms with Gasteiger partial charge in [-0.25, -0.2) is 0 Å². The number of ether oxygens (including phenoxy) is 2. The zero-order valence-electron chi connectivity index (χ0n) is 46.9. The Labute approximate surface area is 448 Å². The Morgan fingerprint density at radius 3 is 1.32 bits per heavy atom. The average molecular weight is 1020 g/mol. The summed E-state index contributed by atoms with van der Waals surface area (Å²) < 4.78 is 11.3. The van der Waals surface area contributed by atoms with Crippen LogP contribution >= 0.6 is 0 Å². The minimum Gasteiger partial charge on any atom is -0.394 e. The molecule has 0 radical (unpaired) electrons. The van der Waals surface area contributed by atoms with Crippen molar-refractivity contribution in [1.82, 2.24) is 5.32 Å². The van der Waals surface area contributed by atoms with E-state index >= 15 is 0 Å². The molecule has 1 aliphatic heterocycles. The molecule has 0 aromatic rings. The van der Waals surface area contributed by atoms with Crippen molar-refractivity contribution in [2.75, 3.05) is 13.2 Å². The minimum absolute atomic E-state index is 0.187. The number of aliphatic hydroxyl groups excluding tert-OH is 5. The van der Waals surface area contributed by atoms with Crippen molar-refractivity contribution < 1.29 is 39.8 Å². The molecule has 7 atom stereocenters. The third-order valence-corrected chi connectivity index (χ3v) is 14.0. The summed E-state index contributed by atoms with van der Waals surface area (Å²) in [5.74, 6) is -0.187. The third kappa shape index (κ3) is 42.2. The summed E-state index contributed by atoms with van der Waals surface area (Å²) in [6, 6.07) is -0.825. The van der Waals surface area contributed by atoms with E-state index in [1.807, 2.05) is 6.08 Å². The largest absolute Gasteiger partial charge is 0.394 e. The number of hydrogen-bond donors (Lipinski definition) is 6. The van der Waals surface area contributed by atoms with Crippen molar-refractivity contribution in [3.63, 3.8) is 0 Å². The van der Waals surface area contributed by atoms with Gasteiger partial charge in [0.25, 0.3) is 0 Å². The lowest BCUT2D eigenvalue weighted by Gasteiger charge is -2.40. The SMILES string of the molecule is CC/C=C\C/C=C\C/C=C\C/C=C\C/C=C\CCCCCCCCCCCCCCCCCCCC(=O)NC(COC1OC(CO)C(O)C(O)C1O)C(O)/C=C/CC/C=C/CCCCCCCCCCCCC. The van der Waals surface area contributed by atoms with E-state index in [4.69, 9.17) is 9.47 Å². The first-order valence-electron chi connectivity index (χ1n) is 30.3. The zero-order chi connectivity index (χ0) is 52.9. The number of amides is 1. The fraction of sp³-hybridized carbons (Fsp3) is 0.766. The predicted octanol–water partition coefficient (Wildman–Crippen LogP) is 15.4. The van der Waals surface area contributed by atoms with Gasteiger partial charge >= 0.3 is 0 Å². The Morgan fingerprint density at radius 2 is 0.863 bits per heavy atom. The molecule has 1 fully saturated rings. The Balaban J connectivity index is 2.16. The fourth-order valence-electron chi connectivity index (χ4n) is 9.20. The maximum atomic E-state index is 13.1. The summed E-state index contributed by atoms with van der Waals surface area (Å²) >= 11 is 0. The Morgan fingerprint density at radius 1 is 0.479 bits per heavy atom. The van der Waals surface area contributed by atoms with Gasteiger partial charge in [-0.15, -0.1) is 0 Å². The van der Waals surface area contributed by atoms with Crippen LogP contribution in [0.1, 0.15) is 258 Å². The first-order chi connectivity index (χ1) is 35.8. The van der Waals surface area contributed by atoms with Gasteiger partial charge in [-0.05, 0) is 77.0 Å². The van der Waals surface area contributed by atoms with E-state index in [-0.39, 0.29) is 12.5 Å². The van der Waals surface area contributed by atoms with Gasteiger partial charge in [0.2, 0.25) is 5.91 Å². The van der Waals surface area contributed by atoms with Crippen LogP contribution in [0.4, 0.5) is 0 Å². The Hall–Kier alpha value is -2.63. The highest BCUT2D eigenvalue weighted by Gasteiger charge is 2.44. The van der Waals surface area contributed by atoms with Gasteiger partial charge in [0, 0.05) is 6.42 Å². The zero-order valence-corrected chi connectivity index (χ0v) is 46.9. The van der Waals surface area contributed by atoms with E-state index in [1.54, 1.807) is 6.08 Å². The van der Waals surface area contributed by atoms with Crippen LogP contribution in [0.2, 0.25) is 0 Å². The molecule has 1 heterocycles. The first kappa shape index (κ1) is 68.4. The van der Waals surface area contributed by atoms with Crippen LogP contribution in [-0.2, 0) is 14.3 Å². The lowest BCUT2D eigenvalue weighted by Crippen LogP contribution is -2.60. The van der Waals surface area contributed by atoms with Crippen LogP contribution < -0.4 is 5.32 Å². The molecule has 0 aliphatic carbocycles. The smallest absolute Gasteiger partial charge is 0.220 e. The highest BCUT2D eigenvalue weighted by Crippen LogP contribution is 2.23. The molecule has 0 bridgehead atoms. The molecule has 0 saturated carbocycles. The second-order valence-electron chi connectivity index (χ2n) is 20.8. The van der Waals surface area contributed by atoms with Crippen LogP contribution in [-0.4, -0.2) is 87.5 Å². The van der Waals surface area contributed by atoms with Crippen LogP contribution in [0.15, 0.2) is 85.1 Å². The lowest BCUT2D eigenvalue weighted by atomic mass is 9.99. The van der Waals surface area contributed by atoms with Gasteiger partial charge in [0.15, 0.2) is 6.29 Å².